The molecule has 104 valence electrons. The molecule has 1 N–H and O–H groups in total. The normalized spacial score (nSPS) is 20.3. The number of aryl methyl sites for hydroxylation is 1. The van der Waals surface area contributed by atoms with E-state index in [0.29, 0.717) is 12.5 Å². The Balaban J connectivity index is 1.90. The van der Waals surface area contributed by atoms with Crippen molar-refractivity contribution in [2.45, 2.75) is 26.7 Å². The molecule has 0 aromatic heterocycles. The molecule has 0 radical (unpaired) electrons. The number of likely N-dealkylation sites (tertiary alicyclic amines) is 1. The molecule has 1 heterocycles. The summed E-state index contributed by atoms with van der Waals surface area (Å²) in [6, 6.07) is 6.08. The predicted octanol–water partition coefficient (Wildman–Crippen LogP) is 3.27. The third kappa shape index (κ3) is 4.45. The zero-order chi connectivity index (χ0) is 13.8. The summed E-state index contributed by atoms with van der Waals surface area (Å²) < 4.78 is 1.19. The summed E-state index contributed by atoms with van der Waals surface area (Å²) in [4.78, 5) is 14.3. The molecule has 4 heteroatoms. The van der Waals surface area contributed by atoms with Crippen molar-refractivity contribution in [1.82, 2.24) is 4.90 Å². The number of hydrogen-bond donors (Lipinski definition) is 1. The van der Waals surface area contributed by atoms with Gasteiger partial charge in [0, 0.05) is 15.8 Å². The fourth-order valence-corrected chi connectivity index (χ4v) is 3.24. The second-order valence-corrected chi connectivity index (χ2v) is 6.74. The first-order valence-electron chi connectivity index (χ1n) is 6.83. The summed E-state index contributed by atoms with van der Waals surface area (Å²) in [7, 11) is 0. The third-order valence-corrected chi connectivity index (χ3v) is 4.24. The molecule has 1 aliphatic rings. The lowest BCUT2D eigenvalue weighted by molar-refractivity contribution is -0.117. The van der Waals surface area contributed by atoms with Crippen LogP contribution in [-0.4, -0.2) is 30.4 Å². The summed E-state index contributed by atoms with van der Waals surface area (Å²) in [5.74, 6) is 0.806. The summed E-state index contributed by atoms with van der Waals surface area (Å²) >= 11 is 2.28. The number of carbonyl (C=O) groups is 1. The summed E-state index contributed by atoms with van der Waals surface area (Å²) in [6.45, 7) is 6.88. The Bertz CT molecular complexity index is 461. The van der Waals surface area contributed by atoms with Crippen molar-refractivity contribution in [3.05, 3.63) is 27.3 Å². The van der Waals surface area contributed by atoms with Gasteiger partial charge in [-0.3, -0.25) is 9.69 Å². The van der Waals surface area contributed by atoms with Crippen molar-refractivity contribution in [1.29, 1.82) is 0 Å². The van der Waals surface area contributed by atoms with Gasteiger partial charge >= 0.3 is 0 Å². The lowest BCUT2D eigenvalue weighted by atomic mass is 10.0. The van der Waals surface area contributed by atoms with E-state index in [1.54, 1.807) is 0 Å². The van der Waals surface area contributed by atoms with Crippen molar-refractivity contribution in [2.24, 2.45) is 5.92 Å². The van der Waals surface area contributed by atoms with E-state index in [-0.39, 0.29) is 5.91 Å². The van der Waals surface area contributed by atoms with E-state index >= 15 is 0 Å². The van der Waals surface area contributed by atoms with Crippen LogP contribution in [0, 0.1) is 16.4 Å². The molecule has 0 spiro atoms. The van der Waals surface area contributed by atoms with E-state index in [2.05, 4.69) is 45.8 Å². The Labute approximate surface area is 128 Å². The number of nitrogens with one attached hydrogen (secondary N) is 1. The van der Waals surface area contributed by atoms with Gasteiger partial charge in [0.05, 0.1) is 6.54 Å². The van der Waals surface area contributed by atoms with Crippen molar-refractivity contribution in [2.75, 3.05) is 25.0 Å². The van der Waals surface area contributed by atoms with Crippen LogP contribution in [0.3, 0.4) is 0 Å². The number of benzene rings is 1. The van der Waals surface area contributed by atoms with Crippen LogP contribution in [0.2, 0.25) is 0 Å². The smallest absolute Gasteiger partial charge is 0.238 e. The van der Waals surface area contributed by atoms with Gasteiger partial charge in [0.1, 0.15) is 0 Å². The highest BCUT2D eigenvalue weighted by Gasteiger charge is 2.18. The highest BCUT2D eigenvalue weighted by atomic mass is 127. The highest BCUT2D eigenvalue weighted by molar-refractivity contribution is 14.1. The Hall–Kier alpha value is -0.620. The Morgan fingerprint density at radius 1 is 1.53 bits per heavy atom. The maximum Gasteiger partial charge on any atom is 0.238 e. The molecular formula is C15H21IN2O. The van der Waals surface area contributed by atoms with Crippen LogP contribution in [0.5, 0.6) is 0 Å². The number of hydrogen-bond acceptors (Lipinski definition) is 2. The number of amides is 1. The average Bonchev–Trinajstić information content (AvgIpc) is 2.33. The van der Waals surface area contributed by atoms with Gasteiger partial charge in [-0.05, 0) is 78.6 Å². The molecule has 1 unspecified atom stereocenters. The first-order chi connectivity index (χ1) is 9.04. The summed E-state index contributed by atoms with van der Waals surface area (Å²) in [5, 5.41) is 3.02. The monoisotopic (exact) mass is 372 g/mol. The van der Waals surface area contributed by atoms with Gasteiger partial charge in [0.25, 0.3) is 0 Å². The fraction of sp³-hybridized carbons (Fsp3) is 0.533. The van der Waals surface area contributed by atoms with Crippen LogP contribution in [-0.2, 0) is 4.79 Å². The van der Waals surface area contributed by atoms with Crippen LogP contribution >= 0.6 is 22.6 Å². The van der Waals surface area contributed by atoms with Gasteiger partial charge in [0.15, 0.2) is 0 Å². The zero-order valence-electron chi connectivity index (χ0n) is 11.6. The molecule has 1 saturated heterocycles. The number of carbonyl (C=O) groups excluding carboxylic acids is 1. The van der Waals surface area contributed by atoms with E-state index in [1.165, 1.54) is 16.4 Å². The number of piperidine rings is 1. The maximum absolute atomic E-state index is 12.1. The van der Waals surface area contributed by atoms with Crippen LogP contribution in [0.15, 0.2) is 18.2 Å². The lowest BCUT2D eigenvalue weighted by Gasteiger charge is -2.30. The molecule has 1 amide bonds. The minimum atomic E-state index is 0.0957. The third-order valence-electron chi connectivity index (χ3n) is 3.57. The van der Waals surface area contributed by atoms with Gasteiger partial charge in [-0.15, -0.1) is 0 Å². The quantitative estimate of drug-likeness (QED) is 0.827. The molecule has 1 fully saturated rings. The molecule has 0 saturated carbocycles. The Kier molecular flexibility index (Phi) is 5.21. The second-order valence-electron chi connectivity index (χ2n) is 5.49. The SMILES string of the molecule is Cc1cc(I)ccc1NC(=O)CN1CCCC(C)C1. The first kappa shape index (κ1) is 14.8. The predicted molar refractivity (Wildman–Crippen MR) is 87.4 cm³/mol. The standard InChI is InChI=1S/C15H21IN2O/c1-11-4-3-7-18(9-11)10-15(19)17-14-6-5-13(16)8-12(14)2/h5-6,8,11H,3-4,7,9-10H2,1-2H3,(H,17,19). The van der Waals surface area contributed by atoms with Gasteiger partial charge in [-0.2, -0.15) is 0 Å². The van der Waals surface area contributed by atoms with E-state index < -0.39 is 0 Å². The van der Waals surface area contributed by atoms with E-state index in [1.807, 2.05) is 19.1 Å². The van der Waals surface area contributed by atoms with Crippen LogP contribution < -0.4 is 5.32 Å². The lowest BCUT2D eigenvalue weighted by Crippen LogP contribution is -2.39. The topological polar surface area (TPSA) is 32.3 Å². The minimum absolute atomic E-state index is 0.0957. The van der Waals surface area contributed by atoms with Gasteiger partial charge < -0.3 is 5.32 Å². The summed E-state index contributed by atoms with van der Waals surface area (Å²) in [6.07, 6.45) is 2.49. The molecule has 19 heavy (non-hydrogen) atoms. The molecule has 1 atom stereocenters. The fourth-order valence-electron chi connectivity index (χ4n) is 2.59. The van der Waals surface area contributed by atoms with Crippen LogP contribution in [0.25, 0.3) is 0 Å². The zero-order valence-corrected chi connectivity index (χ0v) is 13.7. The number of nitrogens with zero attached hydrogens (tertiary/aromatic N) is 1. The average molecular weight is 372 g/mol. The highest BCUT2D eigenvalue weighted by Crippen LogP contribution is 2.18. The molecule has 3 nitrogen and oxygen atoms in total. The first-order valence-corrected chi connectivity index (χ1v) is 7.91. The molecule has 1 aromatic rings. The van der Waals surface area contributed by atoms with Crippen molar-refractivity contribution >= 4 is 34.2 Å². The molecule has 1 aliphatic heterocycles. The van der Waals surface area contributed by atoms with E-state index in [0.717, 1.165) is 24.3 Å². The minimum Gasteiger partial charge on any atom is -0.325 e. The molecule has 1 aromatic carbocycles. The Morgan fingerprint density at radius 2 is 2.32 bits per heavy atom. The number of rotatable bonds is 3. The molecule has 2 rings (SSSR count). The maximum atomic E-state index is 12.1. The molecule has 0 aliphatic carbocycles. The van der Waals surface area contributed by atoms with Gasteiger partial charge in [0.2, 0.25) is 5.91 Å². The molecule has 0 bridgehead atoms. The largest absolute Gasteiger partial charge is 0.325 e. The second kappa shape index (κ2) is 6.70. The van der Waals surface area contributed by atoms with Crippen molar-refractivity contribution < 1.29 is 4.79 Å². The van der Waals surface area contributed by atoms with E-state index in [9.17, 15) is 4.79 Å². The number of halogens is 1. The van der Waals surface area contributed by atoms with Crippen molar-refractivity contribution in [3.63, 3.8) is 0 Å². The van der Waals surface area contributed by atoms with E-state index in [4.69, 9.17) is 0 Å². The van der Waals surface area contributed by atoms with Gasteiger partial charge in [-0.25, -0.2) is 0 Å². The van der Waals surface area contributed by atoms with Gasteiger partial charge in [-0.1, -0.05) is 6.92 Å². The van der Waals surface area contributed by atoms with Crippen molar-refractivity contribution in [3.8, 4) is 0 Å². The van der Waals surface area contributed by atoms with Crippen LogP contribution in [0.1, 0.15) is 25.3 Å². The van der Waals surface area contributed by atoms with Crippen LogP contribution in [0.4, 0.5) is 5.69 Å². The number of anilines is 1. The summed E-state index contributed by atoms with van der Waals surface area (Å²) in [5.41, 5.74) is 2.04. The molecular weight excluding hydrogens is 351 g/mol. The Morgan fingerprint density at radius 3 is 3.00 bits per heavy atom.